The third kappa shape index (κ3) is 1.45. The van der Waals surface area contributed by atoms with Crippen LogP contribution in [-0.4, -0.2) is 17.2 Å². The van der Waals surface area contributed by atoms with Crippen LogP contribution in [-0.2, 0) is 9.59 Å². The second-order valence-electron chi connectivity index (χ2n) is 1.71. The summed E-state index contributed by atoms with van der Waals surface area (Å²) in [5.41, 5.74) is 0.595. The molecule has 0 saturated heterocycles. The molecule has 0 atom stereocenters. The maximum absolute atomic E-state index is 10.4. The minimum atomic E-state index is -0.639. The van der Waals surface area contributed by atoms with E-state index in [0.717, 1.165) is 0 Å². The van der Waals surface area contributed by atoms with Crippen molar-refractivity contribution in [2.45, 2.75) is 0 Å². The van der Waals surface area contributed by atoms with E-state index >= 15 is 0 Å². The highest BCUT2D eigenvalue weighted by Gasteiger charge is 1.96. The molecule has 1 aromatic heterocycles. The normalized spacial score (nSPS) is 8.80. The molecule has 4 nitrogen and oxygen atoms in total. The van der Waals surface area contributed by atoms with Gasteiger partial charge >= 0.3 is 0 Å². The quantitative estimate of drug-likeness (QED) is 0.451. The number of H-pyrrole nitrogens is 1. The van der Waals surface area contributed by atoms with Crippen LogP contribution in [0.5, 0.6) is 0 Å². The molecule has 1 heterocycles. The number of rotatable bonds is 2. The Morgan fingerprint density at radius 2 is 2.50 bits per heavy atom. The molecule has 0 unspecified atom stereocenters. The second kappa shape index (κ2) is 2.82. The van der Waals surface area contributed by atoms with Crippen molar-refractivity contribution in [2.24, 2.45) is 0 Å². The van der Waals surface area contributed by atoms with Crippen LogP contribution in [0.25, 0.3) is 0 Å². The standard InChI is InChI=1S/C6H6N2O2/c9-4-6(10)8-5-1-2-7-3-5/h1-4,7H,(H,8,10). The van der Waals surface area contributed by atoms with E-state index in [1.165, 1.54) is 0 Å². The first kappa shape index (κ1) is 6.54. The fourth-order valence-electron chi connectivity index (χ4n) is 0.573. The van der Waals surface area contributed by atoms with Crippen molar-refractivity contribution in [3.05, 3.63) is 18.5 Å². The SMILES string of the molecule is O=CC(=O)Nc1cc[nH]c1. The highest BCUT2D eigenvalue weighted by molar-refractivity contribution is 6.29. The van der Waals surface area contributed by atoms with Crippen LogP contribution < -0.4 is 5.32 Å². The Bertz CT molecular complexity index is 228. The Morgan fingerprint density at radius 3 is 3.00 bits per heavy atom. The van der Waals surface area contributed by atoms with E-state index in [1.54, 1.807) is 18.5 Å². The first-order valence-corrected chi connectivity index (χ1v) is 2.72. The average molecular weight is 138 g/mol. The van der Waals surface area contributed by atoms with Gasteiger partial charge in [-0.3, -0.25) is 9.59 Å². The predicted octanol–water partition coefficient (Wildman–Crippen LogP) is 0.152. The van der Waals surface area contributed by atoms with Gasteiger partial charge in [-0.25, -0.2) is 0 Å². The van der Waals surface area contributed by atoms with Gasteiger partial charge in [-0.15, -0.1) is 0 Å². The Kier molecular flexibility index (Phi) is 1.84. The topological polar surface area (TPSA) is 62.0 Å². The largest absolute Gasteiger partial charge is 0.366 e. The maximum Gasteiger partial charge on any atom is 0.288 e. The third-order valence-corrected chi connectivity index (χ3v) is 0.973. The predicted molar refractivity (Wildman–Crippen MR) is 35.5 cm³/mol. The van der Waals surface area contributed by atoms with E-state index in [2.05, 4.69) is 10.3 Å². The van der Waals surface area contributed by atoms with Gasteiger partial charge in [0.2, 0.25) is 6.29 Å². The van der Waals surface area contributed by atoms with E-state index in [-0.39, 0.29) is 6.29 Å². The minimum Gasteiger partial charge on any atom is -0.366 e. The zero-order chi connectivity index (χ0) is 7.40. The first-order valence-electron chi connectivity index (χ1n) is 2.72. The lowest BCUT2D eigenvalue weighted by Gasteiger charge is -1.91. The monoisotopic (exact) mass is 138 g/mol. The van der Waals surface area contributed by atoms with E-state index in [9.17, 15) is 9.59 Å². The molecule has 0 spiro atoms. The van der Waals surface area contributed by atoms with Crippen LogP contribution in [0.15, 0.2) is 18.5 Å². The summed E-state index contributed by atoms with van der Waals surface area (Å²) in [6, 6.07) is 1.65. The molecule has 0 bridgehead atoms. The fourth-order valence-corrected chi connectivity index (χ4v) is 0.573. The van der Waals surface area contributed by atoms with Crippen molar-refractivity contribution >= 4 is 17.9 Å². The minimum absolute atomic E-state index is 0.229. The summed E-state index contributed by atoms with van der Waals surface area (Å²) < 4.78 is 0. The van der Waals surface area contributed by atoms with Gasteiger partial charge in [0.1, 0.15) is 0 Å². The number of aromatic amines is 1. The number of carbonyl (C=O) groups excluding carboxylic acids is 2. The summed E-state index contributed by atoms with van der Waals surface area (Å²) in [5.74, 6) is -0.639. The van der Waals surface area contributed by atoms with Gasteiger partial charge in [0.15, 0.2) is 0 Å². The summed E-state index contributed by atoms with van der Waals surface area (Å²) >= 11 is 0. The van der Waals surface area contributed by atoms with Gasteiger partial charge in [-0.05, 0) is 6.07 Å². The molecule has 0 radical (unpaired) electrons. The number of carbonyl (C=O) groups is 2. The lowest BCUT2D eigenvalue weighted by Crippen LogP contribution is -2.11. The molecule has 10 heavy (non-hydrogen) atoms. The number of aromatic nitrogens is 1. The van der Waals surface area contributed by atoms with Crippen LogP contribution in [0.1, 0.15) is 0 Å². The zero-order valence-electron chi connectivity index (χ0n) is 5.13. The molecule has 52 valence electrons. The average Bonchev–Trinajstić information content (AvgIpc) is 2.40. The van der Waals surface area contributed by atoms with E-state index in [4.69, 9.17) is 0 Å². The summed E-state index contributed by atoms with van der Waals surface area (Å²) in [7, 11) is 0. The number of hydrogen-bond acceptors (Lipinski definition) is 2. The van der Waals surface area contributed by atoms with E-state index < -0.39 is 5.91 Å². The molecular formula is C6H6N2O2. The first-order chi connectivity index (χ1) is 4.83. The Balaban J connectivity index is 2.56. The van der Waals surface area contributed by atoms with Gasteiger partial charge in [-0.2, -0.15) is 0 Å². The number of amides is 1. The van der Waals surface area contributed by atoms with Crippen LogP contribution in [0, 0.1) is 0 Å². The molecule has 0 aliphatic carbocycles. The smallest absolute Gasteiger partial charge is 0.288 e. The second-order valence-corrected chi connectivity index (χ2v) is 1.71. The van der Waals surface area contributed by atoms with Crippen molar-refractivity contribution < 1.29 is 9.59 Å². The van der Waals surface area contributed by atoms with Crippen molar-refractivity contribution in [1.82, 2.24) is 4.98 Å². The van der Waals surface area contributed by atoms with E-state index in [1.807, 2.05) is 0 Å². The van der Waals surface area contributed by atoms with Gasteiger partial charge < -0.3 is 10.3 Å². The summed E-state index contributed by atoms with van der Waals surface area (Å²) in [4.78, 5) is 22.9. The maximum atomic E-state index is 10.4. The fraction of sp³-hybridized carbons (Fsp3) is 0. The molecule has 0 aliphatic heterocycles. The van der Waals surface area contributed by atoms with Gasteiger partial charge in [-0.1, -0.05) is 0 Å². The Hall–Kier alpha value is -1.58. The molecule has 0 saturated carbocycles. The number of hydrogen-bond donors (Lipinski definition) is 2. The molecule has 0 aromatic carbocycles. The van der Waals surface area contributed by atoms with Crippen LogP contribution >= 0.6 is 0 Å². The summed E-state index contributed by atoms with van der Waals surface area (Å²) in [6.45, 7) is 0. The van der Waals surface area contributed by atoms with Crippen molar-refractivity contribution in [3.63, 3.8) is 0 Å². The lowest BCUT2D eigenvalue weighted by atomic mass is 10.5. The van der Waals surface area contributed by atoms with Crippen LogP contribution in [0.3, 0.4) is 0 Å². The molecule has 0 aliphatic rings. The Labute approximate surface area is 57.2 Å². The zero-order valence-corrected chi connectivity index (χ0v) is 5.13. The van der Waals surface area contributed by atoms with Crippen LogP contribution in [0.4, 0.5) is 5.69 Å². The molecule has 0 fully saturated rings. The molecule has 4 heteroatoms. The van der Waals surface area contributed by atoms with Gasteiger partial charge in [0, 0.05) is 12.4 Å². The summed E-state index contributed by atoms with van der Waals surface area (Å²) in [5, 5.41) is 2.33. The van der Waals surface area contributed by atoms with Crippen molar-refractivity contribution in [2.75, 3.05) is 5.32 Å². The van der Waals surface area contributed by atoms with Crippen molar-refractivity contribution in [3.8, 4) is 0 Å². The van der Waals surface area contributed by atoms with Gasteiger partial charge in [0.05, 0.1) is 5.69 Å². The third-order valence-electron chi connectivity index (χ3n) is 0.973. The highest BCUT2D eigenvalue weighted by Crippen LogP contribution is 2.01. The highest BCUT2D eigenvalue weighted by atomic mass is 16.2. The summed E-state index contributed by atoms with van der Waals surface area (Å²) in [6.07, 6.45) is 3.47. The molecule has 1 amide bonds. The number of nitrogens with one attached hydrogen (secondary N) is 2. The van der Waals surface area contributed by atoms with Gasteiger partial charge in [0.25, 0.3) is 5.91 Å². The number of anilines is 1. The molecule has 2 N–H and O–H groups in total. The van der Waals surface area contributed by atoms with Crippen LogP contribution in [0.2, 0.25) is 0 Å². The molecular weight excluding hydrogens is 132 g/mol. The molecule has 1 aromatic rings. The number of aldehydes is 1. The molecule has 1 rings (SSSR count). The Morgan fingerprint density at radius 1 is 1.70 bits per heavy atom. The lowest BCUT2D eigenvalue weighted by molar-refractivity contribution is -0.127. The van der Waals surface area contributed by atoms with E-state index in [0.29, 0.717) is 5.69 Å². The van der Waals surface area contributed by atoms with Crippen molar-refractivity contribution in [1.29, 1.82) is 0 Å².